The molecule has 1 aromatic carbocycles. The van der Waals surface area contributed by atoms with Crippen molar-refractivity contribution in [2.45, 2.75) is 25.7 Å². The average Bonchev–Trinajstić information content (AvgIpc) is 2.80. The van der Waals surface area contributed by atoms with Crippen LogP contribution < -0.4 is 0 Å². The van der Waals surface area contributed by atoms with Crippen molar-refractivity contribution >= 4 is 34.9 Å². The molecule has 0 spiro atoms. The van der Waals surface area contributed by atoms with E-state index in [4.69, 9.17) is 0 Å². The second-order valence-electron chi connectivity index (χ2n) is 6.12. The Hall–Kier alpha value is -2.28. The molecule has 2 heterocycles. The van der Waals surface area contributed by atoms with Crippen LogP contribution in [0.1, 0.15) is 31.2 Å². The van der Waals surface area contributed by atoms with Gasteiger partial charge in [0.1, 0.15) is 12.3 Å². The number of phenolic OH excluding ortho intramolecular Hbond substituents is 1. The van der Waals surface area contributed by atoms with E-state index in [1.165, 1.54) is 12.1 Å². The van der Waals surface area contributed by atoms with Crippen molar-refractivity contribution in [3.05, 3.63) is 34.7 Å². The Labute approximate surface area is 150 Å². The number of phenols is 1. The second-order valence-corrected chi connectivity index (χ2v) is 7.11. The molecular weight excluding hydrogens is 340 g/mol. The minimum Gasteiger partial charge on any atom is -0.507 e. The Morgan fingerprint density at radius 2 is 1.80 bits per heavy atom. The smallest absolute Gasteiger partial charge is 0.294 e. The van der Waals surface area contributed by atoms with Crippen molar-refractivity contribution in [1.29, 1.82) is 0 Å². The first-order valence-electron chi connectivity index (χ1n) is 8.37. The number of imide groups is 1. The molecule has 0 radical (unpaired) electrons. The van der Waals surface area contributed by atoms with E-state index >= 15 is 0 Å². The van der Waals surface area contributed by atoms with Gasteiger partial charge in [-0.25, -0.2) is 0 Å². The van der Waals surface area contributed by atoms with Gasteiger partial charge >= 0.3 is 0 Å². The Morgan fingerprint density at radius 3 is 2.48 bits per heavy atom. The molecule has 0 unspecified atom stereocenters. The lowest BCUT2D eigenvalue weighted by Gasteiger charge is -2.22. The Bertz CT molecular complexity index is 724. The zero-order valence-electron chi connectivity index (χ0n) is 13.8. The van der Waals surface area contributed by atoms with Gasteiger partial charge < -0.3 is 10.0 Å². The van der Waals surface area contributed by atoms with E-state index in [1.807, 2.05) is 0 Å². The number of carbonyl (C=O) groups excluding carboxylic acids is 3. The Morgan fingerprint density at radius 1 is 1.12 bits per heavy atom. The number of hydrogen-bond donors (Lipinski definition) is 1. The van der Waals surface area contributed by atoms with Gasteiger partial charge in [-0.15, -0.1) is 0 Å². The zero-order chi connectivity index (χ0) is 17.8. The topological polar surface area (TPSA) is 77.9 Å². The molecule has 0 saturated carbocycles. The van der Waals surface area contributed by atoms with Crippen molar-refractivity contribution in [2.24, 2.45) is 0 Å². The van der Waals surface area contributed by atoms with Gasteiger partial charge in [0.05, 0.1) is 4.91 Å². The molecule has 0 bridgehead atoms. The normalized spacial score (nSPS) is 20.2. The van der Waals surface area contributed by atoms with Crippen molar-refractivity contribution in [1.82, 2.24) is 9.80 Å². The highest BCUT2D eigenvalue weighted by Crippen LogP contribution is 2.33. The third-order valence-electron chi connectivity index (χ3n) is 4.35. The molecule has 25 heavy (non-hydrogen) atoms. The fourth-order valence-corrected chi connectivity index (χ4v) is 3.77. The third-order valence-corrected chi connectivity index (χ3v) is 5.26. The van der Waals surface area contributed by atoms with E-state index in [1.54, 1.807) is 23.1 Å². The molecule has 7 heteroatoms. The predicted molar refractivity (Wildman–Crippen MR) is 95.8 cm³/mol. The van der Waals surface area contributed by atoms with E-state index in [0.717, 1.165) is 42.3 Å². The lowest BCUT2D eigenvalue weighted by Crippen LogP contribution is -2.42. The van der Waals surface area contributed by atoms with Gasteiger partial charge in [0.25, 0.3) is 11.1 Å². The Kier molecular flexibility index (Phi) is 5.43. The first kappa shape index (κ1) is 17.5. The molecular formula is C18H20N2O4S. The van der Waals surface area contributed by atoms with E-state index in [9.17, 15) is 19.5 Å². The van der Waals surface area contributed by atoms with Crippen LogP contribution in [-0.4, -0.2) is 51.6 Å². The average molecular weight is 360 g/mol. The molecule has 0 atom stereocenters. The second kappa shape index (κ2) is 7.74. The number of para-hydroxylation sites is 1. The highest BCUT2D eigenvalue weighted by atomic mass is 32.2. The number of rotatable bonds is 3. The standard InChI is InChI=1S/C18H20N2O4S/c21-14-8-4-3-7-13(14)11-15-17(23)20(18(24)25-15)12-16(22)19-9-5-1-2-6-10-19/h3-4,7-8,11,21H,1-2,5-6,9-10,12H2/b15-11-. The number of hydrogen-bond acceptors (Lipinski definition) is 5. The highest BCUT2D eigenvalue weighted by molar-refractivity contribution is 8.18. The lowest BCUT2D eigenvalue weighted by molar-refractivity contribution is -0.135. The van der Waals surface area contributed by atoms with Gasteiger partial charge in [-0.3, -0.25) is 19.3 Å². The predicted octanol–water partition coefficient (Wildman–Crippen LogP) is 2.83. The summed E-state index contributed by atoms with van der Waals surface area (Å²) in [6.07, 6.45) is 5.61. The molecule has 1 N–H and O–H groups in total. The van der Waals surface area contributed by atoms with Crippen LogP contribution in [0.3, 0.4) is 0 Å². The van der Waals surface area contributed by atoms with Gasteiger partial charge in [-0.2, -0.15) is 0 Å². The van der Waals surface area contributed by atoms with Crippen LogP contribution in [0.2, 0.25) is 0 Å². The maximum Gasteiger partial charge on any atom is 0.294 e. The van der Waals surface area contributed by atoms with E-state index in [0.29, 0.717) is 18.7 Å². The van der Waals surface area contributed by atoms with Gasteiger partial charge in [-0.1, -0.05) is 31.0 Å². The minimum atomic E-state index is -0.485. The maximum atomic E-state index is 12.5. The van der Waals surface area contributed by atoms with E-state index in [2.05, 4.69) is 0 Å². The summed E-state index contributed by atoms with van der Waals surface area (Å²) in [5, 5.41) is 9.36. The number of likely N-dealkylation sites (tertiary alicyclic amines) is 1. The van der Waals surface area contributed by atoms with Gasteiger partial charge in [0.15, 0.2) is 0 Å². The molecule has 3 amide bonds. The molecule has 1 aromatic rings. The van der Waals surface area contributed by atoms with Crippen LogP contribution in [0.5, 0.6) is 5.75 Å². The SMILES string of the molecule is O=C(CN1C(=O)S/C(=C\c2ccccc2O)C1=O)N1CCCCCC1. The molecule has 0 aromatic heterocycles. The quantitative estimate of drug-likeness (QED) is 0.839. The van der Waals surface area contributed by atoms with Crippen molar-refractivity contribution in [2.75, 3.05) is 19.6 Å². The molecule has 2 fully saturated rings. The largest absolute Gasteiger partial charge is 0.507 e. The summed E-state index contributed by atoms with van der Waals surface area (Å²) in [6, 6.07) is 6.58. The molecule has 3 rings (SSSR count). The lowest BCUT2D eigenvalue weighted by atomic mass is 10.2. The monoisotopic (exact) mass is 360 g/mol. The minimum absolute atomic E-state index is 0.0370. The summed E-state index contributed by atoms with van der Waals surface area (Å²) in [5.41, 5.74) is 0.465. The molecule has 6 nitrogen and oxygen atoms in total. The molecule has 2 aliphatic heterocycles. The van der Waals surface area contributed by atoms with Crippen molar-refractivity contribution in [3.8, 4) is 5.75 Å². The summed E-state index contributed by atoms with van der Waals surface area (Å²) < 4.78 is 0. The Balaban J connectivity index is 1.71. The molecule has 0 aliphatic carbocycles. The first-order chi connectivity index (χ1) is 12.1. The van der Waals surface area contributed by atoms with Crippen molar-refractivity contribution < 1.29 is 19.5 Å². The van der Waals surface area contributed by atoms with Crippen LogP contribution >= 0.6 is 11.8 Å². The molecule has 2 aliphatic rings. The molecule has 2 saturated heterocycles. The third kappa shape index (κ3) is 4.04. The maximum absolute atomic E-state index is 12.5. The van der Waals surface area contributed by atoms with Crippen LogP contribution in [0.15, 0.2) is 29.2 Å². The van der Waals surface area contributed by atoms with Crippen LogP contribution in [0.25, 0.3) is 6.08 Å². The van der Waals surface area contributed by atoms with Crippen LogP contribution in [-0.2, 0) is 9.59 Å². The number of nitrogens with zero attached hydrogens (tertiary/aromatic N) is 2. The van der Waals surface area contributed by atoms with Crippen molar-refractivity contribution in [3.63, 3.8) is 0 Å². The van der Waals surface area contributed by atoms with Gasteiger partial charge in [0.2, 0.25) is 5.91 Å². The fraction of sp³-hybridized carbons (Fsp3) is 0.389. The van der Waals surface area contributed by atoms with E-state index in [-0.39, 0.29) is 23.1 Å². The molecule has 132 valence electrons. The van der Waals surface area contributed by atoms with Gasteiger partial charge in [0, 0.05) is 18.7 Å². The van der Waals surface area contributed by atoms with Gasteiger partial charge in [-0.05, 0) is 36.7 Å². The number of thioether (sulfide) groups is 1. The zero-order valence-corrected chi connectivity index (χ0v) is 14.6. The summed E-state index contributed by atoms with van der Waals surface area (Å²) in [4.78, 5) is 40.0. The highest BCUT2D eigenvalue weighted by Gasteiger charge is 2.37. The summed E-state index contributed by atoms with van der Waals surface area (Å²) >= 11 is 0.795. The first-order valence-corrected chi connectivity index (χ1v) is 9.19. The van der Waals surface area contributed by atoms with Crippen LogP contribution in [0.4, 0.5) is 4.79 Å². The number of amides is 3. The summed E-state index contributed by atoms with van der Waals surface area (Å²) in [6.45, 7) is 1.15. The number of benzene rings is 1. The number of carbonyl (C=O) groups is 3. The van der Waals surface area contributed by atoms with Crippen LogP contribution in [0, 0.1) is 0 Å². The number of aromatic hydroxyl groups is 1. The summed E-state index contributed by atoms with van der Waals surface area (Å²) in [5.74, 6) is -0.635. The summed E-state index contributed by atoms with van der Waals surface area (Å²) in [7, 11) is 0. The fourth-order valence-electron chi connectivity index (χ4n) is 2.94. The van der Waals surface area contributed by atoms with E-state index < -0.39 is 11.1 Å².